The van der Waals surface area contributed by atoms with Crippen LogP contribution in [0, 0.1) is 12.7 Å². The van der Waals surface area contributed by atoms with Crippen LogP contribution in [0.2, 0.25) is 0 Å². The Kier molecular flexibility index (Phi) is 4.13. The normalized spacial score (nSPS) is 11.3. The van der Waals surface area contributed by atoms with Gasteiger partial charge < -0.3 is 9.67 Å². The van der Waals surface area contributed by atoms with Crippen LogP contribution in [0.15, 0.2) is 37.1 Å². The molecule has 0 atom stereocenters. The van der Waals surface area contributed by atoms with Gasteiger partial charge in [-0.15, -0.1) is 10.2 Å². The van der Waals surface area contributed by atoms with Crippen molar-refractivity contribution in [1.82, 2.24) is 34.1 Å². The molecule has 0 amide bonds. The van der Waals surface area contributed by atoms with Gasteiger partial charge in [0.2, 0.25) is 0 Å². The summed E-state index contributed by atoms with van der Waals surface area (Å²) < 4.78 is 17.6. The molecule has 0 saturated carbocycles. The van der Waals surface area contributed by atoms with E-state index in [1.807, 2.05) is 6.92 Å². The summed E-state index contributed by atoms with van der Waals surface area (Å²) in [5.41, 5.74) is 2.36. The largest absolute Gasteiger partial charge is 0.396 e. The van der Waals surface area contributed by atoms with Crippen molar-refractivity contribution in [2.24, 2.45) is 0 Å². The van der Waals surface area contributed by atoms with E-state index in [1.165, 1.54) is 18.3 Å². The van der Waals surface area contributed by atoms with E-state index in [1.54, 1.807) is 27.7 Å². The number of hydrogen-bond acceptors (Lipinski definition) is 6. The number of fused-ring (bicyclic) bond motifs is 1. The number of aliphatic hydroxyl groups is 1. The smallest absolute Gasteiger partial charge is 0.167 e. The average Bonchev–Trinajstić information content (AvgIpc) is 3.25. The Labute approximate surface area is 148 Å². The number of hydrogen-bond donors (Lipinski definition) is 1. The lowest BCUT2D eigenvalue weighted by atomic mass is 10.1. The van der Waals surface area contributed by atoms with Gasteiger partial charge in [0, 0.05) is 37.2 Å². The summed E-state index contributed by atoms with van der Waals surface area (Å²) in [6, 6.07) is 2.89. The molecule has 0 aliphatic carbocycles. The van der Waals surface area contributed by atoms with Gasteiger partial charge >= 0.3 is 0 Å². The van der Waals surface area contributed by atoms with Gasteiger partial charge in [-0.25, -0.2) is 19.3 Å². The third kappa shape index (κ3) is 2.72. The van der Waals surface area contributed by atoms with Crippen molar-refractivity contribution >= 4 is 5.65 Å². The molecule has 0 unspecified atom stereocenters. The second-order valence-electron chi connectivity index (χ2n) is 5.80. The van der Waals surface area contributed by atoms with Crippen LogP contribution in [-0.4, -0.2) is 45.8 Å². The zero-order valence-corrected chi connectivity index (χ0v) is 14.0. The van der Waals surface area contributed by atoms with Crippen molar-refractivity contribution in [2.45, 2.75) is 19.9 Å². The maximum atomic E-state index is 14.1. The Morgan fingerprint density at radius 1 is 1.15 bits per heavy atom. The molecular weight excluding hydrogens is 337 g/mol. The number of nitrogens with zero attached hydrogens (tertiary/aromatic N) is 7. The van der Waals surface area contributed by atoms with Crippen molar-refractivity contribution in [3.8, 4) is 11.5 Å². The number of pyridine rings is 1. The molecule has 0 bridgehead atoms. The lowest BCUT2D eigenvalue weighted by Crippen LogP contribution is -2.11. The average molecular weight is 353 g/mol. The summed E-state index contributed by atoms with van der Waals surface area (Å²) in [6.07, 6.45) is 6.91. The van der Waals surface area contributed by atoms with Crippen molar-refractivity contribution in [2.75, 3.05) is 6.61 Å². The van der Waals surface area contributed by atoms with Crippen LogP contribution in [0.3, 0.4) is 0 Å². The fraction of sp³-hybridized carbons (Fsp3) is 0.235. The topological polar surface area (TPSA) is 94.0 Å². The first-order chi connectivity index (χ1) is 12.7. The van der Waals surface area contributed by atoms with E-state index >= 15 is 0 Å². The number of imidazole rings is 1. The molecule has 9 heteroatoms. The Morgan fingerprint density at radius 3 is 2.85 bits per heavy atom. The summed E-state index contributed by atoms with van der Waals surface area (Å²) in [7, 11) is 0. The van der Waals surface area contributed by atoms with Gasteiger partial charge in [0.15, 0.2) is 17.3 Å². The summed E-state index contributed by atoms with van der Waals surface area (Å²) in [5.74, 6) is 0.696. The minimum atomic E-state index is -0.438. The number of rotatable bonds is 5. The molecule has 4 heterocycles. The van der Waals surface area contributed by atoms with Crippen molar-refractivity contribution in [1.29, 1.82) is 0 Å². The standard InChI is InChI=1S/C17H16FN7O/c1-11-22-23-16-12(4-8-26)14(21-10-25(11)16)9-24-7-6-20-17(24)15-13(18)3-2-5-19-15/h2-3,5-7,10,26H,4,8-9H2,1H3. The summed E-state index contributed by atoms with van der Waals surface area (Å²) in [6.45, 7) is 2.15. The third-order valence-electron chi connectivity index (χ3n) is 4.18. The van der Waals surface area contributed by atoms with Crippen LogP contribution in [-0.2, 0) is 13.0 Å². The van der Waals surface area contributed by atoms with E-state index in [2.05, 4.69) is 25.1 Å². The number of aliphatic hydroxyl groups excluding tert-OH is 1. The molecule has 0 aliphatic rings. The highest BCUT2D eigenvalue weighted by atomic mass is 19.1. The highest BCUT2D eigenvalue weighted by Crippen LogP contribution is 2.21. The summed E-state index contributed by atoms with van der Waals surface area (Å²) >= 11 is 0. The molecular formula is C17H16FN7O. The Balaban J connectivity index is 1.78. The second kappa shape index (κ2) is 6.60. The number of halogens is 1. The van der Waals surface area contributed by atoms with Crippen molar-refractivity contribution in [3.63, 3.8) is 0 Å². The molecule has 0 saturated heterocycles. The van der Waals surface area contributed by atoms with E-state index < -0.39 is 5.82 Å². The fourth-order valence-corrected chi connectivity index (χ4v) is 2.92. The Hall–Kier alpha value is -3.20. The summed E-state index contributed by atoms with van der Waals surface area (Å²) in [4.78, 5) is 12.8. The van der Waals surface area contributed by atoms with E-state index in [-0.39, 0.29) is 12.3 Å². The predicted molar refractivity (Wildman–Crippen MR) is 90.8 cm³/mol. The van der Waals surface area contributed by atoms with Gasteiger partial charge in [-0.05, 0) is 19.1 Å². The molecule has 8 nitrogen and oxygen atoms in total. The van der Waals surface area contributed by atoms with E-state index in [0.717, 1.165) is 17.1 Å². The monoisotopic (exact) mass is 353 g/mol. The molecule has 132 valence electrons. The Bertz CT molecular complexity index is 1070. The first-order valence-electron chi connectivity index (χ1n) is 8.10. The second-order valence-corrected chi connectivity index (χ2v) is 5.80. The highest BCUT2D eigenvalue weighted by molar-refractivity contribution is 5.52. The van der Waals surface area contributed by atoms with Crippen molar-refractivity contribution in [3.05, 3.63) is 59.9 Å². The van der Waals surface area contributed by atoms with Gasteiger partial charge in [0.1, 0.15) is 17.8 Å². The molecule has 4 aromatic heterocycles. The van der Waals surface area contributed by atoms with Gasteiger partial charge in [-0.1, -0.05) is 0 Å². The van der Waals surface area contributed by atoms with Gasteiger partial charge in [0.25, 0.3) is 0 Å². The van der Waals surface area contributed by atoms with E-state index in [0.29, 0.717) is 24.4 Å². The van der Waals surface area contributed by atoms with Gasteiger partial charge in [0.05, 0.1) is 12.2 Å². The zero-order chi connectivity index (χ0) is 18.1. The fourth-order valence-electron chi connectivity index (χ4n) is 2.92. The van der Waals surface area contributed by atoms with E-state index in [4.69, 9.17) is 0 Å². The quantitative estimate of drug-likeness (QED) is 0.583. The predicted octanol–water partition coefficient (Wildman–Crippen LogP) is 1.41. The van der Waals surface area contributed by atoms with Crippen molar-refractivity contribution < 1.29 is 9.50 Å². The minimum Gasteiger partial charge on any atom is -0.396 e. The van der Waals surface area contributed by atoms with Crippen LogP contribution in [0.1, 0.15) is 17.1 Å². The SMILES string of the molecule is Cc1nnc2c(CCO)c(Cn3ccnc3-c3ncccc3F)ncn12. The Morgan fingerprint density at radius 2 is 2.04 bits per heavy atom. The van der Waals surface area contributed by atoms with Crippen LogP contribution >= 0.6 is 0 Å². The number of aryl methyl sites for hydroxylation is 1. The maximum Gasteiger partial charge on any atom is 0.167 e. The minimum absolute atomic E-state index is 0.0358. The highest BCUT2D eigenvalue weighted by Gasteiger charge is 2.17. The molecule has 4 rings (SSSR count). The van der Waals surface area contributed by atoms with Crippen LogP contribution < -0.4 is 0 Å². The van der Waals surface area contributed by atoms with Gasteiger partial charge in [-0.2, -0.15) is 0 Å². The first-order valence-corrected chi connectivity index (χ1v) is 8.10. The molecule has 0 radical (unpaired) electrons. The lowest BCUT2D eigenvalue weighted by Gasteiger charge is -2.12. The van der Waals surface area contributed by atoms with Crippen LogP contribution in [0.4, 0.5) is 4.39 Å². The molecule has 0 aliphatic heterocycles. The lowest BCUT2D eigenvalue weighted by molar-refractivity contribution is 0.299. The van der Waals surface area contributed by atoms with Crippen LogP contribution in [0.5, 0.6) is 0 Å². The summed E-state index contributed by atoms with van der Waals surface area (Å²) in [5, 5.41) is 17.7. The molecule has 4 aromatic rings. The molecule has 1 N–H and O–H groups in total. The van der Waals surface area contributed by atoms with Gasteiger partial charge in [-0.3, -0.25) is 4.40 Å². The maximum absolute atomic E-state index is 14.1. The molecule has 0 spiro atoms. The van der Waals surface area contributed by atoms with E-state index in [9.17, 15) is 9.50 Å². The zero-order valence-electron chi connectivity index (χ0n) is 14.0. The molecule has 26 heavy (non-hydrogen) atoms. The molecule has 0 fully saturated rings. The molecule has 0 aromatic carbocycles. The van der Waals surface area contributed by atoms with Crippen LogP contribution in [0.25, 0.3) is 17.2 Å². The first kappa shape index (κ1) is 16.3. The third-order valence-corrected chi connectivity index (χ3v) is 4.18. The number of aromatic nitrogens is 7.